The summed E-state index contributed by atoms with van der Waals surface area (Å²) in [5.74, 6) is -3.79. The van der Waals surface area contributed by atoms with E-state index in [9.17, 15) is 29.3 Å². The van der Waals surface area contributed by atoms with E-state index in [1.54, 1.807) is 42.5 Å². The van der Waals surface area contributed by atoms with E-state index in [2.05, 4.69) is 5.32 Å². The Labute approximate surface area is 162 Å². The molecule has 0 amide bonds. The smallest absolute Gasteiger partial charge is 0.307 e. The van der Waals surface area contributed by atoms with Crippen LogP contribution in [0.1, 0.15) is 24.4 Å². The summed E-state index contributed by atoms with van der Waals surface area (Å²) < 4.78 is 12.2. The van der Waals surface area contributed by atoms with Crippen molar-refractivity contribution in [2.75, 3.05) is 5.32 Å². The van der Waals surface area contributed by atoms with Gasteiger partial charge >= 0.3 is 11.9 Å². The van der Waals surface area contributed by atoms with Crippen molar-refractivity contribution in [3.05, 3.63) is 60.2 Å². The van der Waals surface area contributed by atoms with Crippen LogP contribution < -0.4 is 5.32 Å². The maximum Gasteiger partial charge on any atom is 0.307 e. The van der Waals surface area contributed by atoms with Gasteiger partial charge in [-0.15, -0.1) is 0 Å². The van der Waals surface area contributed by atoms with Crippen LogP contribution >= 0.6 is 8.03 Å². The lowest BCUT2D eigenvalue weighted by atomic mass is 9.90. The van der Waals surface area contributed by atoms with Crippen LogP contribution in [0.15, 0.2) is 54.6 Å². The number of phenolic OH excluding ortho intramolecular Hbond substituents is 1. The predicted molar refractivity (Wildman–Crippen MR) is 104 cm³/mol. The third-order valence-electron chi connectivity index (χ3n) is 4.41. The average Bonchev–Trinajstić information content (AvgIpc) is 2.65. The summed E-state index contributed by atoms with van der Waals surface area (Å²) >= 11 is 0. The molecule has 28 heavy (non-hydrogen) atoms. The lowest BCUT2D eigenvalue weighted by molar-refractivity contribution is -0.143. The second-order valence-corrected chi connectivity index (χ2v) is 7.66. The molecule has 0 radical (unpaired) electrons. The molecule has 2 aromatic carbocycles. The Morgan fingerprint density at radius 1 is 1.00 bits per heavy atom. The van der Waals surface area contributed by atoms with Crippen LogP contribution in [0, 0.1) is 5.92 Å². The SMILES string of the molecule is O=C(O)CCC(C(=O)O)C(C(Nc1ccc(O)cc1)c1ccccc1)[PH](=O)O. The van der Waals surface area contributed by atoms with E-state index in [-0.39, 0.29) is 12.2 Å². The van der Waals surface area contributed by atoms with Crippen molar-refractivity contribution in [3.8, 4) is 5.75 Å². The van der Waals surface area contributed by atoms with E-state index in [1.165, 1.54) is 12.1 Å². The van der Waals surface area contributed by atoms with E-state index in [1.807, 2.05) is 0 Å². The third-order valence-corrected chi connectivity index (χ3v) is 5.72. The highest BCUT2D eigenvalue weighted by atomic mass is 31.1. The number of aliphatic carboxylic acids is 2. The van der Waals surface area contributed by atoms with E-state index in [4.69, 9.17) is 5.11 Å². The Balaban J connectivity index is 2.46. The Hall–Kier alpha value is -2.83. The fourth-order valence-corrected chi connectivity index (χ4v) is 4.28. The Kier molecular flexibility index (Phi) is 7.61. The molecule has 0 aliphatic carbocycles. The third kappa shape index (κ3) is 5.84. The van der Waals surface area contributed by atoms with Gasteiger partial charge in [-0.2, -0.15) is 0 Å². The zero-order valence-corrected chi connectivity index (χ0v) is 15.9. The molecule has 4 atom stereocenters. The van der Waals surface area contributed by atoms with Gasteiger partial charge in [0.05, 0.1) is 17.6 Å². The molecule has 0 fully saturated rings. The minimum absolute atomic E-state index is 0.0407. The minimum atomic E-state index is -3.37. The zero-order chi connectivity index (χ0) is 20.7. The van der Waals surface area contributed by atoms with E-state index < -0.39 is 44.0 Å². The highest BCUT2D eigenvalue weighted by molar-refractivity contribution is 7.39. The molecule has 0 saturated heterocycles. The van der Waals surface area contributed by atoms with Crippen molar-refractivity contribution in [1.82, 2.24) is 0 Å². The van der Waals surface area contributed by atoms with Crippen molar-refractivity contribution in [2.24, 2.45) is 5.92 Å². The van der Waals surface area contributed by atoms with Crippen LogP contribution in [-0.2, 0) is 14.2 Å². The molecule has 4 unspecified atom stereocenters. The second kappa shape index (κ2) is 9.92. The number of hydrogen-bond donors (Lipinski definition) is 5. The molecule has 0 spiro atoms. The van der Waals surface area contributed by atoms with Crippen molar-refractivity contribution in [1.29, 1.82) is 0 Å². The van der Waals surface area contributed by atoms with Gasteiger partial charge in [0.25, 0.3) is 0 Å². The molecule has 5 N–H and O–H groups in total. The topological polar surface area (TPSA) is 144 Å². The summed E-state index contributed by atoms with van der Waals surface area (Å²) in [5.41, 5.74) is -0.130. The van der Waals surface area contributed by atoms with Gasteiger partial charge in [0.2, 0.25) is 0 Å². The summed E-state index contributed by atoms with van der Waals surface area (Å²) in [7, 11) is -3.37. The number of carbonyl (C=O) groups is 2. The highest BCUT2D eigenvalue weighted by Crippen LogP contribution is 2.42. The van der Waals surface area contributed by atoms with Crippen LogP contribution in [0.3, 0.4) is 0 Å². The largest absolute Gasteiger partial charge is 0.508 e. The Bertz CT molecular complexity index is 826. The number of nitrogens with one attached hydrogen (secondary N) is 1. The summed E-state index contributed by atoms with van der Waals surface area (Å²) in [6, 6.07) is 13.7. The first-order valence-corrected chi connectivity index (χ1v) is 10.0. The lowest BCUT2D eigenvalue weighted by Crippen LogP contribution is -2.35. The lowest BCUT2D eigenvalue weighted by Gasteiger charge is -2.31. The van der Waals surface area contributed by atoms with Crippen LogP contribution in [-0.4, -0.2) is 37.8 Å². The van der Waals surface area contributed by atoms with E-state index >= 15 is 0 Å². The Morgan fingerprint density at radius 3 is 2.11 bits per heavy atom. The average molecular weight is 407 g/mol. The molecule has 0 aliphatic rings. The maximum absolute atomic E-state index is 12.2. The number of phenols is 1. The molecular formula is C19H22NO7P. The molecule has 150 valence electrons. The minimum Gasteiger partial charge on any atom is -0.508 e. The number of carboxylic acid groups (broad SMARTS) is 2. The molecule has 0 aromatic heterocycles. The summed E-state index contributed by atoms with van der Waals surface area (Å²) in [5, 5.41) is 31.0. The van der Waals surface area contributed by atoms with Gasteiger partial charge in [0.1, 0.15) is 5.75 Å². The Morgan fingerprint density at radius 2 is 1.61 bits per heavy atom. The summed E-state index contributed by atoms with van der Waals surface area (Å²) in [6.45, 7) is 0. The first-order chi connectivity index (χ1) is 13.3. The molecule has 0 bridgehead atoms. The van der Waals surface area contributed by atoms with Gasteiger partial charge in [-0.1, -0.05) is 30.3 Å². The van der Waals surface area contributed by atoms with Crippen LogP contribution in [0.25, 0.3) is 0 Å². The van der Waals surface area contributed by atoms with Gasteiger partial charge in [-0.25, -0.2) is 0 Å². The fraction of sp³-hybridized carbons (Fsp3) is 0.263. The maximum atomic E-state index is 12.2. The van der Waals surface area contributed by atoms with Gasteiger partial charge in [-0.05, 0) is 36.2 Å². The predicted octanol–water partition coefficient (Wildman–Crippen LogP) is 2.95. The van der Waals surface area contributed by atoms with Crippen molar-refractivity contribution in [3.63, 3.8) is 0 Å². The number of benzene rings is 2. The first-order valence-electron chi connectivity index (χ1n) is 8.57. The summed E-state index contributed by atoms with van der Waals surface area (Å²) in [4.78, 5) is 32.7. The normalized spacial score (nSPS) is 15.2. The fourth-order valence-electron chi connectivity index (χ4n) is 3.06. The molecule has 0 heterocycles. The van der Waals surface area contributed by atoms with Crippen molar-refractivity contribution in [2.45, 2.75) is 24.5 Å². The van der Waals surface area contributed by atoms with Crippen LogP contribution in [0.4, 0.5) is 5.69 Å². The molecule has 0 aliphatic heterocycles. The first kappa shape index (κ1) is 21.5. The standard InChI is InChI=1S/C19H22NO7P/c21-14-8-6-13(7-9-14)20-17(12-4-2-1-3-5-12)18(28(26)27)15(19(24)25)10-11-16(22)23/h1-9,15,17-18,20-21,28H,10-11H2,(H,22,23)(H,24,25)(H,26,27). The second-order valence-electron chi connectivity index (χ2n) is 6.32. The number of hydrogen-bond acceptors (Lipinski definition) is 5. The summed E-state index contributed by atoms with van der Waals surface area (Å²) in [6.07, 6.45) is -0.698. The number of anilines is 1. The van der Waals surface area contributed by atoms with E-state index in [0.717, 1.165) is 0 Å². The highest BCUT2D eigenvalue weighted by Gasteiger charge is 2.39. The number of rotatable bonds is 10. The molecule has 2 rings (SSSR count). The van der Waals surface area contributed by atoms with Crippen molar-refractivity contribution >= 4 is 25.7 Å². The monoisotopic (exact) mass is 407 g/mol. The van der Waals surface area contributed by atoms with Gasteiger partial charge < -0.3 is 25.5 Å². The molecule has 2 aromatic rings. The van der Waals surface area contributed by atoms with Gasteiger partial charge in [-0.3, -0.25) is 14.2 Å². The van der Waals surface area contributed by atoms with E-state index in [0.29, 0.717) is 11.3 Å². The van der Waals surface area contributed by atoms with Crippen LogP contribution in [0.5, 0.6) is 5.75 Å². The number of carboxylic acids is 2. The van der Waals surface area contributed by atoms with Gasteiger partial charge in [0.15, 0.2) is 8.03 Å². The zero-order valence-electron chi connectivity index (χ0n) is 14.9. The van der Waals surface area contributed by atoms with Crippen molar-refractivity contribution < 1.29 is 34.4 Å². The molecule has 9 heteroatoms. The molecule has 0 saturated carbocycles. The van der Waals surface area contributed by atoms with Gasteiger partial charge in [0, 0.05) is 12.1 Å². The quantitative estimate of drug-likeness (QED) is 0.299. The molecule has 8 nitrogen and oxygen atoms in total. The number of aromatic hydroxyl groups is 1. The van der Waals surface area contributed by atoms with Crippen LogP contribution in [0.2, 0.25) is 0 Å². The molecular weight excluding hydrogens is 385 g/mol.